The van der Waals surface area contributed by atoms with E-state index in [0.717, 1.165) is 23.6 Å². The SMILES string of the molecule is CNc1c(N)ncnc1NC1CCC(COP(NC(C)(C)C(=O)OC)Oc2cccc3ccccc23)O1. The number of nitrogens with one attached hydrogen (secondary N) is 3. The lowest BCUT2D eigenvalue weighted by Gasteiger charge is -2.29. The fourth-order valence-electron chi connectivity index (χ4n) is 3.97. The fraction of sp³-hybridized carbons (Fsp3) is 0.400. The number of nitrogen functional groups attached to an aromatic ring is 1. The maximum atomic E-state index is 12.3. The molecule has 0 spiro atoms. The second-order valence-corrected chi connectivity index (χ2v) is 10.2. The molecule has 1 aliphatic rings. The van der Waals surface area contributed by atoms with E-state index in [4.69, 9.17) is 24.3 Å². The van der Waals surface area contributed by atoms with Crippen LogP contribution < -0.4 is 26.0 Å². The van der Waals surface area contributed by atoms with Gasteiger partial charge < -0.3 is 34.9 Å². The third-order valence-electron chi connectivity index (χ3n) is 5.91. The van der Waals surface area contributed by atoms with E-state index in [1.54, 1.807) is 20.9 Å². The van der Waals surface area contributed by atoms with Crippen molar-refractivity contribution in [3.05, 3.63) is 48.8 Å². The molecule has 0 bridgehead atoms. The Morgan fingerprint density at radius 1 is 1.19 bits per heavy atom. The summed E-state index contributed by atoms with van der Waals surface area (Å²) in [6.07, 6.45) is 2.48. The number of nitrogens with zero attached hydrogens (tertiary/aromatic N) is 2. The average Bonchev–Trinajstić information content (AvgIpc) is 3.34. The molecule has 1 aliphatic heterocycles. The van der Waals surface area contributed by atoms with Crippen LogP contribution >= 0.6 is 8.53 Å². The normalized spacial score (nSPS) is 18.4. The summed E-state index contributed by atoms with van der Waals surface area (Å²) < 4.78 is 23.6. The smallest absolute Gasteiger partial charge is 0.325 e. The van der Waals surface area contributed by atoms with Crippen LogP contribution in [-0.4, -0.2) is 54.6 Å². The van der Waals surface area contributed by atoms with Crippen LogP contribution in [0.1, 0.15) is 26.7 Å². The molecule has 2 heterocycles. The van der Waals surface area contributed by atoms with Crippen LogP contribution in [0, 0.1) is 0 Å². The summed E-state index contributed by atoms with van der Waals surface area (Å²) in [7, 11) is 1.38. The quantitative estimate of drug-likeness (QED) is 0.212. The van der Waals surface area contributed by atoms with Crippen LogP contribution in [0.25, 0.3) is 10.8 Å². The van der Waals surface area contributed by atoms with Crippen molar-refractivity contribution in [3.63, 3.8) is 0 Å². The fourth-order valence-corrected chi connectivity index (χ4v) is 5.32. The minimum atomic E-state index is -1.73. The summed E-state index contributed by atoms with van der Waals surface area (Å²) in [6.45, 7) is 3.72. The molecule has 1 saturated heterocycles. The van der Waals surface area contributed by atoms with Crippen molar-refractivity contribution in [2.75, 3.05) is 37.1 Å². The first-order valence-electron chi connectivity index (χ1n) is 12.0. The first-order chi connectivity index (χ1) is 17.8. The highest BCUT2D eigenvalue weighted by molar-refractivity contribution is 7.45. The van der Waals surface area contributed by atoms with E-state index >= 15 is 0 Å². The van der Waals surface area contributed by atoms with E-state index in [0.29, 0.717) is 23.1 Å². The predicted molar refractivity (Wildman–Crippen MR) is 144 cm³/mol. The number of hydrogen-bond acceptors (Lipinski definition) is 11. The molecule has 3 aromatic rings. The number of hydrogen-bond donors (Lipinski definition) is 4. The molecule has 11 nitrogen and oxygen atoms in total. The summed E-state index contributed by atoms with van der Waals surface area (Å²) in [4.78, 5) is 20.6. The van der Waals surface area contributed by atoms with E-state index < -0.39 is 20.0 Å². The topological polar surface area (TPSA) is 142 Å². The average molecular weight is 529 g/mol. The molecule has 0 aliphatic carbocycles. The molecule has 1 fully saturated rings. The highest BCUT2D eigenvalue weighted by Crippen LogP contribution is 2.41. The number of methoxy groups -OCH3 is 1. The Kier molecular flexibility index (Phi) is 8.60. The van der Waals surface area contributed by atoms with E-state index in [-0.39, 0.29) is 18.9 Å². The van der Waals surface area contributed by atoms with Gasteiger partial charge in [-0.2, -0.15) is 0 Å². The molecule has 12 heteroatoms. The number of carbonyl (C=O) groups is 1. The summed E-state index contributed by atoms with van der Waals surface area (Å²) in [5, 5.41) is 11.5. The van der Waals surface area contributed by atoms with E-state index in [9.17, 15) is 4.79 Å². The maximum absolute atomic E-state index is 12.3. The van der Waals surface area contributed by atoms with E-state index in [1.807, 2.05) is 42.5 Å². The molecule has 3 unspecified atom stereocenters. The van der Waals surface area contributed by atoms with Gasteiger partial charge in [0.25, 0.3) is 0 Å². The molecule has 0 saturated carbocycles. The first kappa shape index (κ1) is 26.8. The molecule has 5 N–H and O–H groups in total. The summed E-state index contributed by atoms with van der Waals surface area (Å²) in [6, 6.07) is 13.7. The second-order valence-electron chi connectivity index (χ2n) is 9.05. The third-order valence-corrected chi connectivity index (χ3v) is 7.39. The number of carbonyl (C=O) groups excluding carboxylic acids is 1. The summed E-state index contributed by atoms with van der Waals surface area (Å²) in [5.74, 6) is 1.17. The lowest BCUT2D eigenvalue weighted by atomic mass is 10.1. The lowest BCUT2D eigenvalue weighted by molar-refractivity contribution is -0.146. The van der Waals surface area contributed by atoms with Gasteiger partial charge in [-0.05, 0) is 38.1 Å². The highest BCUT2D eigenvalue weighted by atomic mass is 31.2. The maximum Gasteiger partial charge on any atom is 0.325 e. The van der Waals surface area contributed by atoms with E-state index in [2.05, 4.69) is 25.7 Å². The molecular weight excluding hydrogens is 495 g/mol. The number of aromatic nitrogens is 2. The monoisotopic (exact) mass is 528 g/mol. The molecule has 37 heavy (non-hydrogen) atoms. The number of nitrogens with two attached hydrogens (primary N) is 1. The van der Waals surface area contributed by atoms with Gasteiger partial charge in [0.05, 0.1) is 19.8 Å². The number of fused-ring (bicyclic) bond motifs is 1. The van der Waals surface area contributed by atoms with Gasteiger partial charge in [0, 0.05) is 12.4 Å². The predicted octanol–water partition coefficient (Wildman–Crippen LogP) is 4.03. The van der Waals surface area contributed by atoms with Crippen molar-refractivity contribution in [1.82, 2.24) is 15.1 Å². The number of esters is 1. The Labute approximate surface area is 217 Å². The van der Waals surface area contributed by atoms with E-state index in [1.165, 1.54) is 13.4 Å². The summed E-state index contributed by atoms with van der Waals surface area (Å²) in [5.41, 5.74) is 5.52. The molecule has 2 aromatic carbocycles. The molecule has 0 radical (unpaired) electrons. The van der Waals surface area contributed by atoms with Gasteiger partial charge in [0.2, 0.25) is 0 Å². The van der Waals surface area contributed by atoms with Gasteiger partial charge in [-0.25, -0.2) is 15.1 Å². The van der Waals surface area contributed by atoms with Gasteiger partial charge >= 0.3 is 14.5 Å². The van der Waals surface area contributed by atoms with Crippen LogP contribution in [0.4, 0.5) is 17.3 Å². The van der Waals surface area contributed by atoms with Crippen LogP contribution in [0.5, 0.6) is 5.75 Å². The van der Waals surface area contributed by atoms with Crippen molar-refractivity contribution in [3.8, 4) is 5.75 Å². The Hall–Kier alpha value is -3.24. The van der Waals surface area contributed by atoms with Gasteiger partial charge in [-0.1, -0.05) is 36.4 Å². The zero-order valence-electron chi connectivity index (χ0n) is 21.4. The zero-order valence-corrected chi connectivity index (χ0v) is 22.2. The minimum absolute atomic E-state index is 0.182. The summed E-state index contributed by atoms with van der Waals surface area (Å²) >= 11 is 0. The highest BCUT2D eigenvalue weighted by Gasteiger charge is 2.35. The first-order valence-corrected chi connectivity index (χ1v) is 13.1. The van der Waals surface area contributed by atoms with Crippen molar-refractivity contribution in [1.29, 1.82) is 0 Å². The largest absolute Gasteiger partial charge is 0.468 e. The Bertz CT molecular complexity index is 1220. The molecule has 0 amide bonds. The second kappa shape index (κ2) is 11.9. The molecule has 4 rings (SSSR count). The number of ether oxygens (including phenoxy) is 2. The van der Waals surface area contributed by atoms with Crippen molar-refractivity contribution in [2.45, 2.75) is 44.6 Å². The van der Waals surface area contributed by atoms with Gasteiger partial charge in [0.15, 0.2) is 11.6 Å². The van der Waals surface area contributed by atoms with Gasteiger partial charge in [0.1, 0.15) is 29.5 Å². The van der Waals surface area contributed by atoms with Crippen molar-refractivity contribution in [2.24, 2.45) is 0 Å². The Balaban J connectivity index is 1.43. The van der Waals surface area contributed by atoms with Crippen LogP contribution in [-0.2, 0) is 18.8 Å². The van der Waals surface area contributed by atoms with Crippen LogP contribution in [0.15, 0.2) is 48.8 Å². The zero-order chi connectivity index (χ0) is 26.4. The Morgan fingerprint density at radius 2 is 1.97 bits per heavy atom. The number of benzene rings is 2. The number of rotatable bonds is 11. The lowest BCUT2D eigenvalue weighted by Crippen LogP contribution is -2.45. The standard InChI is InChI=1S/C25H33N6O5P/c1-25(2,24(32)33-4)31-37(36-19-11-7-9-16-8-5-6-10-18(16)19)34-14-17-12-13-20(35-17)30-23-21(27-3)22(26)28-15-29-23/h5-11,15,17,20,27,31H,12-14H2,1-4H3,(H3,26,28,29,30). The molecule has 198 valence electrons. The number of anilines is 3. The molecular formula is C25H33N6O5P. The van der Waals surface area contributed by atoms with Crippen molar-refractivity contribution < 1.29 is 23.3 Å². The van der Waals surface area contributed by atoms with Crippen molar-refractivity contribution >= 4 is 42.6 Å². The Morgan fingerprint density at radius 3 is 2.76 bits per heavy atom. The van der Waals surface area contributed by atoms with Crippen LogP contribution in [0.3, 0.4) is 0 Å². The van der Waals surface area contributed by atoms with Gasteiger partial charge in [-0.3, -0.25) is 4.79 Å². The van der Waals surface area contributed by atoms with Gasteiger partial charge in [-0.15, -0.1) is 0 Å². The molecule has 1 aromatic heterocycles. The minimum Gasteiger partial charge on any atom is -0.468 e. The van der Waals surface area contributed by atoms with Crippen LogP contribution in [0.2, 0.25) is 0 Å². The molecule has 3 atom stereocenters. The third kappa shape index (κ3) is 6.56.